The number of aromatic nitrogens is 1. The SMILES string of the molecule is COc1cc(OC)cc(C(=O)NCCc2sc(-c3ccc(F)cc3)nc2C)c1. The summed E-state index contributed by atoms with van der Waals surface area (Å²) in [5.41, 5.74) is 2.28. The molecular formula is C21H21FN2O3S. The van der Waals surface area contributed by atoms with Crippen LogP contribution < -0.4 is 14.8 Å². The highest BCUT2D eigenvalue weighted by molar-refractivity contribution is 7.15. The molecule has 1 aromatic heterocycles. The number of ether oxygens (including phenoxy) is 2. The van der Waals surface area contributed by atoms with Gasteiger partial charge in [0.1, 0.15) is 22.3 Å². The maximum atomic E-state index is 13.1. The van der Waals surface area contributed by atoms with Crippen LogP contribution in [-0.4, -0.2) is 31.7 Å². The summed E-state index contributed by atoms with van der Waals surface area (Å²) >= 11 is 1.55. The number of halogens is 1. The van der Waals surface area contributed by atoms with E-state index in [0.717, 1.165) is 21.1 Å². The third-order valence-electron chi connectivity index (χ3n) is 4.24. The van der Waals surface area contributed by atoms with Gasteiger partial charge in [-0.15, -0.1) is 11.3 Å². The highest BCUT2D eigenvalue weighted by Gasteiger charge is 2.12. The van der Waals surface area contributed by atoms with E-state index in [-0.39, 0.29) is 11.7 Å². The Balaban J connectivity index is 1.64. The van der Waals surface area contributed by atoms with Crippen molar-refractivity contribution in [2.45, 2.75) is 13.3 Å². The fraction of sp³-hybridized carbons (Fsp3) is 0.238. The summed E-state index contributed by atoms with van der Waals surface area (Å²) in [6.45, 7) is 2.41. The fourth-order valence-electron chi connectivity index (χ4n) is 2.71. The van der Waals surface area contributed by atoms with Crippen molar-refractivity contribution in [1.82, 2.24) is 10.3 Å². The minimum atomic E-state index is -0.269. The number of thiazole rings is 1. The van der Waals surface area contributed by atoms with E-state index in [1.807, 2.05) is 6.92 Å². The van der Waals surface area contributed by atoms with Gasteiger partial charge in [-0.05, 0) is 43.3 Å². The lowest BCUT2D eigenvalue weighted by atomic mass is 10.2. The molecule has 0 unspecified atom stereocenters. The van der Waals surface area contributed by atoms with Gasteiger partial charge in [0.25, 0.3) is 5.91 Å². The fourth-order valence-corrected chi connectivity index (χ4v) is 3.77. The second kappa shape index (κ2) is 8.84. The lowest BCUT2D eigenvalue weighted by Gasteiger charge is -2.09. The Morgan fingerprint density at radius 1 is 1.11 bits per heavy atom. The molecule has 0 atom stereocenters. The molecule has 0 aliphatic rings. The molecule has 3 aromatic rings. The third-order valence-corrected chi connectivity index (χ3v) is 5.50. The van der Waals surface area contributed by atoms with Crippen LogP contribution in [0.3, 0.4) is 0 Å². The Morgan fingerprint density at radius 3 is 2.36 bits per heavy atom. The summed E-state index contributed by atoms with van der Waals surface area (Å²) in [6.07, 6.45) is 0.664. The van der Waals surface area contributed by atoms with Crippen molar-refractivity contribution in [2.75, 3.05) is 20.8 Å². The molecule has 1 heterocycles. The normalized spacial score (nSPS) is 10.6. The van der Waals surface area contributed by atoms with E-state index >= 15 is 0 Å². The molecule has 0 radical (unpaired) electrons. The molecule has 146 valence electrons. The number of methoxy groups -OCH3 is 2. The smallest absolute Gasteiger partial charge is 0.251 e. The Morgan fingerprint density at radius 2 is 1.75 bits per heavy atom. The molecule has 0 spiro atoms. The van der Waals surface area contributed by atoms with E-state index in [9.17, 15) is 9.18 Å². The van der Waals surface area contributed by atoms with Crippen LogP contribution in [0, 0.1) is 12.7 Å². The summed E-state index contributed by atoms with van der Waals surface area (Å²) < 4.78 is 23.5. The number of amides is 1. The van der Waals surface area contributed by atoms with Crippen LogP contribution in [0.1, 0.15) is 20.9 Å². The number of nitrogens with zero attached hydrogens (tertiary/aromatic N) is 1. The Hall–Kier alpha value is -2.93. The van der Waals surface area contributed by atoms with Crippen LogP contribution in [-0.2, 0) is 6.42 Å². The quantitative estimate of drug-likeness (QED) is 0.644. The topological polar surface area (TPSA) is 60.5 Å². The summed E-state index contributed by atoms with van der Waals surface area (Å²) in [4.78, 5) is 18.1. The van der Waals surface area contributed by atoms with Gasteiger partial charge < -0.3 is 14.8 Å². The lowest BCUT2D eigenvalue weighted by molar-refractivity contribution is 0.0953. The standard InChI is InChI=1S/C21H21FN2O3S/c1-13-19(28-21(24-13)14-4-6-16(22)7-5-14)8-9-23-20(25)15-10-17(26-2)12-18(11-15)27-3/h4-7,10-12H,8-9H2,1-3H3,(H,23,25). The zero-order valence-corrected chi connectivity index (χ0v) is 16.7. The van der Waals surface area contributed by atoms with Gasteiger partial charge in [0.2, 0.25) is 0 Å². The largest absolute Gasteiger partial charge is 0.497 e. The number of rotatable bonds is 7. The van der Waals surface area contributed by atoms with E-state index in [0.29, 0.717) is 30.0 Å². The van der Waals surface area contributed by atoms with Crippen LogP contribution in [0.15, 0.2) is 42.5 Å². The minimum Gasteiger partial charge on any atom is -0.497 e. The molecule has 0 aliphatic carbocycles. The van der Waals surface area contributed by atoms with Gasteiger partial charge >= 0.3 is 0 Å². The van der Waals surface area contributed by atoms with Crippen LogP contribution in [0.5, 0.6) is 11.5 Å². The third kappa shape index (κ3) is 4.67. The van der Waals surface area contributed by atoms with Crippen LogP contribution >= 0.6 is 11.3 Å². The van der Waals surface area contributed by atoms with Crippen LogP contribution in [0.25, 0.3) is 10.6 Å². The average molecular weight is 400 g/mol. The zero-order valence-electron chi connectivity index (χ0n) is 15.9. The van der Waals surface area contributed by atoms with Crippen LogP contribution in [0.2, 0.25) is 0 Å². The molecule has 28 heavy (non-hydrogen) atoms. The van der Waals surface area contributed by atoms with Crippen molar-refractivity contribution in [3.63, 3.8) is 0 Å². The molecule has 0 saturated heterocycles. The molecule has 0 aliphatic heterocycles. The van der Waals surface area contributed by atoms with Gasteiger partial charge in [-0.3, -0.25) is 4.79 Å². The van der Waals surface area contributed by atoms with Crippen molar-refractivity contribution in [2.24, 2.45) is 0 Å². The summed E-state index contributed by atoms with van der Waals surface area (Å²) in [7, 11) is 3.09. The van der Waals surface area contributed by atoms with Gasteiger partial charge in [0.05, 0.1) is 19.9 Å². The summed E-state index contributed by atoms with van der Waals surface area (Å²) in [6, 6.07) is 11.3. The molecule has 0 fully saturated rings. The number of carbonyl (C=O) groups excluding carboxylic acids is 1. The number of carbonyl (C=O) groups is 1. The number of nitrogens with one attached hydrogen (secondary N) is 1. The van der Waals surface area contributed by atoms with Crippen molar-refractivity contribution in [3.05, 3.63) is 64.4 Å². The molecule has 1 amide bonds. The maximum absolute atomic E-state index is 13.1. The van der Waals surface area contributed by atoms with Gasteiger partial charge in [0.15, 0.2) is 0 Å². The van der Waals surface area contributed by atoms with Crippen molar-refractivity contribution >= 4 is 17.2 Å². The molecule has 5 nitrogen and oxygen atoms in total. The second-order valence-electron chi connectivity index (χ2n) is 6.14. The van der Waals surface area contributed by atoms with E-state index in [1.165, 1.54) is 12.1 Å². The van der Waals surface area contributed by atoms with Gasteiger partial charge in [-0.25, -0.2) is 9.37 Å². The van der Waals surface area contributed by atoms with Gasteiger partial charge in [-0.2, -0.15) is 0 Å². The van der Waals surface area contributed by atoms with Crippen molar-refractivity contribution < 1.29 is 18.7 Å². The summed E-state index contributed by atoms with van der Waals surface area (Å²) in [5, 5.41) is 3.76. The molecular weight excluding hydrogens is 379 g/mol. The number of benzene rings is 2. The Bertz CT molecular complexity index is 948. The first kappa shape index (κ1) is 19.8. The Labute approximate surface area is 167 Å². The molecule has 0 bridgehead atoms. The number of hydrogen-bond acceptors (Lipinski definition) is 5. The predicted octanol–water partition coefficient (Wildman–Crippen LogP) is 4.25. The number of aryl methyl sites for hydroxylation is 1. The lowest BCUT2D eigenvalue weighted by Crippen LogP contribution is -2.25. The molecule has 1 N–H and O–H groups in total. The monoisotopic (exact) mass is 400 g/mol. The van der Waals surface area contributed by atoms with Crippen LogP contribution in [0.4, 0.5) is 4.39 Å². The maximum Gasteiger partial charge on any atom is 0.251 e. The predicted molar refractivity (Wildman–Crippen MR) is 108 cm³/mol. The summed E-state index contributed by atoms with van der Waals surface area (Å²) in [5.74, 6) is 0.658. The molecule has 7 heteroatoms. The molecule has 2 aromatic carbocycles. The zero-order chi connectivity index (χ0) is 20.1. The first-order valence-electron chi connectivity index (χ1n) is 8.73. The van der Waals surface area contributed by atoms with E-state index in [4.69, 9.17) is 9.47 Å². The Kier molecular flexibility index (Phi) is 6.26. The van der Waals surface area contributed by atoms with Crippen molar-refractivity contribution in [1.29, 1.82) is 0 Å². The minimum absolute atomic E-state index is 0.196. The highest BCUT2D eigenvalue weighted by atomic mass is 32.1. The first-order chi connectivity index (χ1) is 13.5. The van der Waals surface area contributed by atoms with E-state index < -0.39 is 0 Å². The van der Waals surface area contributed by atoms with Gasteiger partial charge in [0, 0.05) is 35.0 Å². The molecule has 0 saturated carbocycles. The van der Waals surface area contributed by atoms with E-state index in [2.05, 4.69) is 10.3 Å². The van der Waals surface area contributed by atoms with E-state index in [1.54, 1.807) is 55.9 Å². The van der Waals surface area contributed by atoms with Crippen molar-refractivity contribution in [3.8, 4) is 22.1 Å². The van der Waals surface area contributed by atoms with Gasteiger partial charge in [-0.1, -0.05) is 0 Å². The second-order valence-corrected chi connectivity index (χ2v) is 7.23. The number of hydrogen-bond donors (Lipinski definition) is 1. The first-order valence-corrected chi connectivity index (χ1v) is 9.55. The highest BCUT2D eigenvalue weighted by Crippen LogP contribution is 2.28. The average Bonchev–Trinajstić information content (AvgIpc) is 3.08. The molecule has 3 rings (SSSR count).